The van der Waals surface area contributed by atoms with Crippen molar-refractivity contribution < 1.29 is 0 Å². The Labute approximate surface area is 363 Å². The summed E-state index contributed by atoms with van der Waals surface area (Å²) in [6.07, 6.45) is 7.68. The fraction of sp³-hybridized carbons (Fsp3) is 0.0339. The van der Waals surface area contributed by atoms with Crippen LogP contribution in [0.4, 0.5) is 0 Å². The van der Waals surface area contributed by atoms with Crippen LogP contribution in [0.3, 0.4) is 0 Å². The maximum atomic E-state index is 5.38. The predicted molar refractivity (Wildman–Crippen MR) is 265 cm³/mol. The van der Waals surface area contributed by atoms with E-state index in [9.17, 15) is 0 Å². The standard InChI is InChI=1S/C59H38N4/c1-3-15-39-33-43(25-23-37(39)13-1)55-46-18-6-7-19-47(46)56(44-26-24-38-14-2-4-16-40(38)34-44)51-36-41(27-29-48(51)55)42-28-30-54-50(35-42)45-17-5-8-20-49(45)59-62-57(52-21-9-11-31-60-52)58(63(54)59)53-22-10-12-32-61-53/h1-9,11-21,23-36H,10,22H2. The van der Waals surface area contributed by atoms with Gasteiger partial charge in [-0.05, 0) is 137 Å². The maximum Gasteiger partial charge on any atom is 0.146 e. The molecule has 4 heteroatoms. The molecule has 0 unspecified atom stereocenters. The first kappa shape index (κ1) is 35.5. The third-order valence-corrected chi connectivity index (χ3v) is 13.1. The summed E-state index contributed by atoms with van der Waals surface area (Å²) < 4.78 is 2.34. The first-order chi connectivity index (χ1) is 31.2. The molecule has 0 radical (unpaired) electrons. The highest BCUT2D eigenvalue weighted by Crippen LogP contribution is 2.46. The third-order valence-electron chi connectivity index (χ3n) is 13.1. The van der Waals surface area contributed by atoms with Crippen LogP contribution in [0.5, 0.6) is 0 Å². The van der Waals surface area contributed by atoms with Crippen molar-refractivity contribution in [3.63, 3.8) is 0 Å². The van der Waals surface area contributed by atoms with E-state index in [1.54, 1.807) is 0 Å². The summed E-state index contributed by atoms with van der Waals surface area (Å²) in [5.74, 6) is 0. The Balaban J connectivity index is 1.10. The van der Waals surface area contributed by atoms with Crippen LogP contribution < -0.4 is 0 Å². The van der Waals surface area contributed by atoms with E-state index in [-0.39, 0.29) is 0 Å². The van der Waals surface area contributed by atoms with Gasteiger partial charge in [-0.25, -0.2) is 4.98 Å². The van der Waals surface area contributed by atoms with E-state index in [4.69, 9.17) is 15.0 Å². The SMILES string of the molecule is C1=CN=C(c2c(-c3ccccn3)nc3c4ccccc4c4cc(-c5ccc6c(-c7ccc8ccccc8c7)c7ccccc7c(-c7ccc8ccccc8c7)c6c5)ccc4n23)CC1. The van der Waals surface area contributed by atoms with E-state index >= 15 is 0 Å². The molecular weight excluding hydrogens is 765 g/mol. The first-order valence-corrected chi connectivity index (χ1v) is 21.7. The van der Waals surface area contributed by atoms with E-state index in [2.05, 4.69) is 180 Å². The van der Waals surface area contributed by atoms with Gasteiger partial charge in [0.05, 0.1) is 22.6 Å². The minimum Gasteiger partial charge on any atom is -0.290 e. The van der Waals surface area contributed by atoms with Gasteiger partial charge in [0.15, 0.2) is 0 Å². The van der Waals surface area contributed by atoms with Crippen LogP contribution in [-0.4, -0.2) is 20.1 Å². The number of allylic oxidation sites excluding steroid dienone is 1. The second-order valence-corrected chi connectivity index (χ2v) is 16.6. The highest BCUT2D eigenvalue weighted by Gasteiger charge is 2.25. The van der Waals surface area contributed by atoms with Gasteiger partial charge in [0.1, 0.15) is 11.3 Å². The zero-order valence-electron chi connectivity index (χ0n) is 34.3. The number of hydrogen-bond acceptors (Lipinski definition) is 3. The summed E-state index contributed by atoms with van der Waals surface area (Å²) in [5, 5.41) is 13.3. The molecule has 0 spiro atoms. The molecule has 4 heterocycles. The van der Waals surface area contributed by atoms with Gasteiger partial charge >= 0.3 is 0 Å². The van der Waals surface area contributed by atoms with Gasteiger partial charge in [-0.1, -0.05) is 152 Å². The van der Waals surface area contributed by atoms with Gasteiger partial charge < -0.3 is 0 Å². The van der Waals surface area contributed by atoms with Crippen LogP contribution in [0.1, 0.15) is 18.5 Å². The minimum absolute atomic E-state index is 0.836. The Morgan fingerprint density at radius 1 is 0.429 bits per heavy atom. The molecule has 13 rings (SSSR count). The number of rotatable bonds is 5. The Hall–Kier alpha value is -8.21. The average Bonchev–Trinajstić information content (AvgIpc) is 3.77. The second kappa shape index (κ2) is 14.2. The molecule has 0 bridgehead atoms. The highest BCUT2D eigenvalue weighted by atomic mass is 15.1. The highest BCUT2D eigenvalue weighted by molar-refractivity contribution is 6.23. The van der Waals surface area contributed by atoms with E-state index in [1.165, 1.54) is 76.1 Å². The minimum atomic E-state index is 0.836. The lowest BCUT2D eigenvalue weighted by atomic mass is 9.84. The number of aromatic nitrogens is 3. The first-order valence-electron chi connectivity index (χ1n) is 21.7. The van der Waals surface area contributed by atoms with Gasteiger partial charge in [-0.3, -0.25) is 14.4 Å². The molecule has 0 saturated carbocycles. The van der Waals surface area contributed by atoms with Gasteiger partial charge in [-0.2, -0.15) is 0 Å². The number of aliphatic imine (C=N–C) groups is 1. The molecule has 0 N–H and O–H groups in total. The molecule has 1 aliphatic rings. The molecule has 63 heavy (non-hydrogen) atoms. The molecule has 12 aromatic rings. The number of imidazole rings is 1. The predicted octanol–water partition coefficient (Wildman–Crippen LogP) is 15.4. The summed E-state index contributed by atoms with van der Waals surface area (Å²) in [5.41, 5.74) is 13.0. The van der Waals surface area contributed by atoms with Crippen molar-refractivity contribution in [3.05, 3.63) is 212 Å². The van der Waals surface area contributed by atoms with Crippen LogP contribution >= 0.6 is 0 Å². The van der Waals surface area contributed by atoms with Crippen molar-refractivity contribution in [1.82, 2.24) is 14.4 Å². The van der Waals surface area contributed by atoms with Crippen molar-refractivity contribution in [2.75, 3.05) is 0 Å². The van der Waals surface area contributed by atoms with E-state index < -0.39 is 0 Å². The lowest BCUT2D eigenvalue weighted by Gasteiger charge is -2.19. The van der Waals surface area contributed by atoms with Gasteiger partial charge in [0, 0.05) is 23.2 Å². The topological polar surface area (TPSA) is 42.5 Å². The molecule has 9 aromatic carbocycles. The average molecular weight is 803 g/mol. The van der Waals surface area contributed by atoms with Crippen LogP contribution in [-0.2, 0) is 0 Å². The van der Waals surface area contributed by atoms with Gasteiger partial charge in [0.25, 0.3) is 0 Å². The number of fused-ring (bicyclic) bond motifs is 10. The zero-order valence-corrected chi connectivity index (χ0v) is 34.3. The summed E-state index contributed by atoms with van der Waals surface area (Å²) >= 11 is 0. The Morgan fingerprint density at radius 3 is 1.67 bits per heavy atom. The van der Waals surface area contributed by atoms with Crippen molar-refractivity contribution in [1.29, 1.82) is 0 Å². The van der Waals surface area contributed by atoms with Crippen molar-refractivity contribution in [3.8, 4) is 44.8 Å². The summed E-state index contributed by atoms with van der Waals surface area (Å²) in [7, 11) is 0. The molecule has 294 valence electrons. The van der Waals surface area contributed by atoms with Gasteiger partial charge in [0.2, 0.25) is 0 Å². The second-order valence-electron chi connectivity index (χ2n) is 16.6. The number of hydrogen-bond donors (Lipinski definition) is 0. The molecule has 0 fully saturated rings. The molecule has 0 amide bonds. The Bertz CT molecular complexity index is 3910. The number of benzene rings is 9. The third kappa shape index (κ3) is 5.65. The molecule has 4 nitrogen and oxygen atoms in total. The van der Waals surface area contributed by atoms with Crippen molar-refractivity contribution in [2.24, 2.45) is 4.99 Å². The van der Waals surface area contributed by atoms with Crippen LogP contribution in [0, 0.1) is 0 Å². The summed E-state index contributed by atoms with van der Waals surface area (Å²) in [4.78, 5) is 15.1. The zero-order chi connectivity index (χ0) is 41.4. The molecule has 0 atom stereocenters. The summed E-state index contributed by atoms with van der Waals surface area (Å²) in [6, 6.07) is 68.9. The lowest BCUT2D eigenvalue weighted by Crippen LogP contribution is -2.09. The smallest absolute Gasteiger partial charge is 0.146 e. The largest absolute Gasteiger partial charge is 0.290 e. The monoisotopic (exact) mass is 802 g/mol. The van der Waals surface area contributed by atoms with E-state index in [0.29, 0.717) is 0 Å². The Morgan fingerprint density at radius 2 is 1.00 bits per heavy atom. The van der Waals surface area contributed by atoms with Gasteiger partial charge in [-0.15, -0.1) is 0 Å². The Kier molecular flexibility index (Phi) is 8.00. The molecule has 0 aliphatic carbocycles. The molecule has 3 aromatic heterocycles. The van der Waals surface area contributed by atoms with Crippen molar-refractivity contribution >= 4 is 76.1 Å². The molecule has 0 saturated heterocycles. The van der Waals surface area contributed by atoms with E-state index in [0.717, 1.165) is 63.3 Å². The van der Waals surface area contributed by atoms with Crippen LogP contribution in [0.25, 0.3) is 115 Å². The fourth-order valence-corrected chi connectivity index (χ4v) is 10.2. The fourth-order valence-electron chi connectivity index (χ4n) is 10.2. The quantitative estimate of drug-likeness (QED) is 0.128. The normalized spacial score (nSPS) is 13.0. The maximum absolute atomic E-state index is 5.38. The molecule has 1 aliphatic heterocycles. The number of nitrogens with zero attached hydrogens (tertiary/aromatic N) is 4. The van der Waals surface area contributed by atoms with Crippen LogP contribution in [0.2, 0.25) is 0 Å². The van der Waals surface area contributed by atoms with Crippen LogP contribution in [0.15, 0.2) is 212 Å². The van der Waals surface area contributed by atoms with Crippen molar-refractivity contribution in [2.45, 2.75) is 12.8 Å². The lowest BCUT2D eigenvalue weighted by molar-refractivity contribution is 1.04. The molecular formula is C59H38N4. The summed E-state index contributed by atoms with van der Waals surface area (Å²) in [6.45, 7) is 0. The number of pyridine rings is 2. The van der Waals surface area contributed by atoms with E-state index in [1.807, 2.05) is 30.6 Å².